The highest BCUT2D eigenvalue weighted by atomic mass is 32.2. The molecule has 3 nitrogen and oxygen atoms in total. The van der Waals surface area contributed by atoms with E-state index in [9.17, 15) is 4.79 Å². The summed E-state index contributed by atoms with van der Waals surface area (Å²) in [6.07, 6.45) is 5.02. The number of carbonyl (C=O) groups is 1. The van der Waals surface area contributed by atoms with Gasteiger partial charge in [0.1, 0.15) is 0 Å². The van der Waals surface area contributed by atoms with Crippen molar-refractivity contribution in [3.05, 3.63) is 28.1 Å². The Kier molecular flexibility index (Phi) is 2.73. The SMILES string of the molecule is O=C(c1nccs1)N1CCC2SC=CC2C1. The first-order chi connectivity index (χ1) is 7.84. The van der Waals surface area contributed by atoms with E-state index >= 15 is 0 Å². The summed E-state index contributed by atoms with van der Waals surface area (Å²) < 4.78 is 0. The molecule has 1 aromatic rings. The Morgan fingerprint density at radius 2 is 2.50 bits per heavy atom. The number of nitrogens with zero attached hydrogens (tertiary/aromatic N) is 2. The Balaban J connectivity index is 1.72. The van der Waals surface area contributed by atoms with Crippen molar-refractivity contribution in [2.75, 3.05) is 13.1 Å². The van der Waals surface area contributed by atoms with Crippen LogP contribution in [0.5, 0.6) is 0 Å². The van der Waals surface area contributed by atoms with Crippen molar-refractivity contribution in [2.24, 2.45) is 5.92 Å². The summed E-state index contributed by atoms with van der Waals surface area (Å²) in [5, 5.41) is 5.34. The van der Waals surface area contributed by atoms with Gasteiger partial charge in [0.2, 0.25) is 0 Å². The number of carbonyl (C=O) groups excluding carboxylic acids is 1. The van der Waals surface area contributed by atoms with Gasteiger partial charge in [0, 0.05) is 35.8 Å². The van der Waals surface area contributed by atoms with Gasteiger partial charge in [0.25, 0.3) is 5.91 Å². The van der Waals surface area contributed by atoms with Crippen molar-refractivity contribution >= 4 is 29.0 Å². The second-order valence-corrected chi connectivity index (χ2v) is 6.09. The zero-order chi connectivity index (χ0) is 11.0. The van der Waals surface area contributed by atoms with E-state index in [-0.39, 0.29) is 5.91 Å². The second kappa shape index (κ2) is 4.22. The van der Waals surface area contributed by atoms with Gasteiger partial charge in [-0.25, -0.2) is 4.98 Å². The van der Waals surface area contributed by atoms with Gasteiger partial charge in [-0.1, -0.05) is 6.08 Å². The Labute approximate surface area is 103 Å². The summed E-state index contributed by atoms with van der Waals surface area (Å²) in [5.41, 5.74) is 0. The van der Waals surface area contributed by atoms with Crippen LogP contribution in [-0.2, 0) is 0 Å². The van der Waals surface area contributed by atoms with Gasteiger partial charge in [-0.3, -0.25) is 4.79 Å². The molecule has 5 heteroatoms. The van der Waals surface area contributed by atoms with E-state index in [1.54, 1.807) is 6.20 Å². The minimum Gasteiger partial charge on any atom is -0.336 e. The standard InChI is InChI=1S/C11H12N2OS2/c14-11(10-12-3-6-16-10)13-4-1-9-8(7-13)2-5-15-9/h2-3,5-6,8-9H,1,4,7H2. The van der Waals surface area contributed by atoms with Crippen molar-refractivity contribution in [3.63, 3.8) is 0 Å². The third-order valence-electron chi connectivity index (χ3n) is 3.07. The summed E-state index contributed by atoms with van der Waals surface area (Å²) in [7, 11) is 0. The first kappa shape index (κ1) is 10.4. The fourth-order valence-electron chi connectivity index (χ4n) is 2.21. The maximum atomic E-state index is 12.1. The highest BCUT2D eigenvalue weighted by molar-refractivity contribution is 8.03. The average molecular weight is 252 g/mol. The largest absolute Gasteiger partial charge is 0.336 e. The predicted octanol–water partition coefficient (Wildman–Crippen LogP) is 2.23. The van der Waals surface area contributed by atoms with Crippen LogP contribution in [-0.4, -0.2) is 34.1 Å². The third kappa shape index (κ3) is 1.78. The summed E-state index contributed by atoms with van der Waals surface area (Å²) in [6, 6.07) is 0. The maximum absolute atomic E-state index is 12.1. The Morgan fingerprint density at radius 3 is 3.31 bits per heavy atom. The second-order valence-electron chi connectivity index (χ2n) is 4.04. The first-order valence-electron chi connectivity index (χ1n) is 5.35. The number of rotatable bonds is 1. The van der Waals surface area contributed by atoms with Gasteiger partial charge in [-0.2, -0.15) is 0 Å². The smallest absolute Gasteiger partial charge is 0.282 e. The average Bonchev–Trinajstić information content (AvgIpc) is 2.98. The number of aromatic nitrogens is 1. The Hall–Kier alpha value is -0.810. The molecule has 2 atom stereocenters. The molecule has 16 heavy (non-hydrogen) atoms. The molecule has 0 bridgehead atoms. The van der Waals surface area contributed by atoms with Crippen LogP contribution in [0.3, 0.4) is 0 Å². The highest BCUT2D eigenvalue weighted by Gasteiger charge is 2.33. The van der Waals surface area contributed by atoms with Crippen LogP contribution in [0.25, 0.3) is 0 Å². The van der Waals surface area contributed by atoms with E-state index < -0.39 is 0 Å². The molecule has 84 valence electrons. The zero-order valence-electron chi connectivity index (χ0n) is 8.70. The molecule has 0 N–H and O–H groups in total. The summed E-state index contributed by atoms with van der Waals surface area (Å²) in [4.78, 5) is 18.1. The lowest BCUT2D eigenvalue weighted by Crippen LogP contribution is -2.43. The van der Waals surface area contributed by atoms with Crippen LogP contribution in [0.2, 0.25) is 0 Å². The number of thioether (sulfide) groups is 1. The van der Waals surface area contributed by atoms with Crippen LogP contribution in [0, 0.1) is 5.92 Å². The van der Waals surface area contributed by atoms with Crippen LogP contribution in [0.1, 0.15) is 16.2 Å². The van der Waals surface area contributed by atoms with Crippen LogP contribution < -0.4 is 0 Å². The molecule has 0 aromatic carbocycles. The van der Waals surface area contributed by atoms with Crippen molar-refractivity contribution in [2.45, 2.75) is 11.7 Å². The van der Waals surface area contributed by atoms with Crippen molar-refractivity contribution < 1.29 is 4.79 Å². The molecule has 2 aliphatic rings. The molecule has 3 rings (SSSR count). The quantitative estimate of drug-likeness (QED) is 0.768. The van der Waals surface area contributed by atoms with Gasteiger partial charge in [-0.05, 0) is 11.8 Å². The number of hydrogen-bond donors (Lipinski definition) is 0. The molecular weight excluding hydrogens is 240 g/mol. The number of amides is 1. The zero-order valence-corrected chi connectivity index (χ0v) is 10.3. The molecule has 2 unspecified atom stereocenters. The number of likely N-dealkylation sites (tertiary alicyclic amines) is 1. The molecule has 0 aliphatic carbocycles. The monoisotopic (exact) mass is 252 g/mol. The van der Waals surface area contributed by atoms with E-state index in [2.05, 4.69) is 16.5 Å². The molecule has 1 aromatic heterocycles. The topological polar surface area (TPSA) is 33.2 Å². The molecule has 1 saturated heterocycles. The van der Waals surface area contributed by atoms with E-state index in [1.165, 1.54) is 11.3 Å². The van der Waals surface area contributed by atoms with Gasteiger partial charge >= 0.3 is 0 Å². The minimum absolute atomic E-state index is 0.0961. The van der Waals surface area contributed by atoms with E-state index in [1.807, 2.05) is 22.0 Å². The molecule has 1 amide bonds. The number of hydrogen-bond acceptors (Lipinski definition) is 4. The van der Waals surface area contributed by atoms with Crippen molar-refractivity contribution in [1.29, 1.82) is 0 Å². The van der Waals surface area contributed by atoms with Crippen LogP contribution in [0.4, 0.5) is 0 Å². The number of thiazole rings is 1. The minimum atomic E-state index is 0.0961. The van der Waals surface area contributed by atoms with Gasteiger partial charge in [-0.15, -0.1) is 23.1 Å². The van der Waals surface area contributed by atoms with Gasteiger partial charge < -0.3 is 4.90 Å². The Bertz CT molecular complexity index is 416. The maximum Gasteiger partial charge on any atom is 0.282 e. The first-order valence-corrected chi connectivity index (χ1v) is 7.18. The normalized spacial score (nSPS) is 28.1. The number of piperidine rings is 1. The molecule has 3 heterocycles. The fraction of sp³-hybridized carbons (Fsp3) is 0.455. The molecule has 2 aliphatic heterocycles. The van der Waals surface area contributed by atoms with E-state index in [0.29, 0.717) is 16.2 Å². The van der Waals surface area contributed by atoms with E-state index in [4.69, 9.17) is 0 Å². The lowest BCUT2D eigenvalue weighted by atomic mass is 9.98. The summed E-state index contributed by atoms with van der Waals surface area (Å²) >= 11 is 3.33. The lowest BCUT2D eigenvalue weighted by molar-refractivity contribution is 0.0701. The van der Waals surface area contributed by atoms with Crippen molar-refractivity contribution in [1.82, 2.24) is 9.88 Å². The molecule has 0 saturated carbocycles. The van der Waals surface area contributed by atoms with Gasteiger partial charge in [0.05, 0.1) is 0 Å². The van der Waals surface area contributed by atoms with Crippen molar-refractivity contribution in [3.8, 4) is 0 Å². The fourth-order valence-corrected chi connectivity index (χ4v) is 3.93. The highest BCUT2D eigenvalue weighted by Crippen LogP contribution is 2.36. The lowest BCUT2D eigenvalue weighted by Gasteiger charge is -2.33. The number of fused-ring (bicyclic) bond motifs is 1. The molecular formula is C11H12N2OS2. The predicted molar refractivity (Wildman–Crippen MR) is 66.6 cm³/mol. The van der Waals surface area contributed by atoms with E-state index in [0.717, 1.165) is 19.5 Å². The van der Waals surface area contributed by atoms with Crippen LogP contribution in [0.15, 0.2) is 23.1 Å². The van der Waals surface area contributed by atoms with Gasteiger partial charge in [0.15, 0.2) is 5.01 Å². The summed E-state index contributed by atoms with van der Waals surface area (Å²) in [6.45, 7) is 1.72. The summed E-state index contributed by atoms with van der Waals surface area (Å²) in [5.74, 6) is 0.640. The molecule has 1 fully saturated rings. The van der Waals surface area contributed by atoms with Crippen LogP contribution >= 0.6 is 23.1 Å². The molecule has 0 radical (unpaired) electrons. The molecule has 0 spiro atoms. The Morgan fingerprint density at radius 1 is 1.56 bits per heavy atom. The third-order valence-corrected chi connectivity index (χ3v) is 5.08.